The van der Waals surface area contributed by atoms with Crippen LogP contribution in [0.2, 0.25) is 0 Å². The average Bonchev–Trinajstić information content (AvgIpc) is 3.43. The van der Waals surface area contributed by atoms with E-state index in [0.29, 0.717) is 44.7 Å². The molecular weight excluding hydrogens is 549 g/mol. The number of carbonyl (C=O) groups excluding carboxylic acids is 1. The predicted molar refractivity (Wildman–Crippen MR) is 163 cm³/mol. The Labute approximate surface area is 251 Å². The Morgan fingerprint density at radius 3 is 2.81 bits per heavy atom. The standard InChI is InChI=1S/C32H37FN8O2/c1-21-6-4-7-23-16-35-17-28(29(21)23)39-13-10-26-27(19-39)36-32(43-20-25-8-5-12-38(25)3)37-30(26)40-14-15-41(31(42)22(2)33)24(18-40)9-11-34/h4,6-7,16-17,24-25H,2,5,8-10,12-15,18-20H2,1,3H3/t24-,25-/m0/s1/i1+2. The number of benzene rings is 1. The lowest BCUT2D eigenvalue weighted by Gasteiger charge is -2.42. The zero-order valence-electron chi connectivity index (χ0n) is 24.8. The number of rotatable bonds is 7. The molecule has 1 amide bonds. The molecule has 3 aliphatic rings. The van der Waals surface area contributed by atoms with Gasteiger partial charge in [0.15, 0.2) is 5.83 Å². The molecule has 43 heavy (non-hydrogen) atoms. The number of carbonyl (C=O) groups is 1. The monoisotopic (exact) mass is 586 g/mol. The van der Waals surface area contributed by atoms with Crippen molar-refractivity contribution in [3.8, 4) is 12.1 Å². The second-order valence-electron chi connectivity index (χ2n) is 11.7. The number of nitrogens with zero attached hydrogens (tertiary/aromatic N) is 8. The third kappa shape index (κ3) is 5.71. The summed E-state index contributed by atoms with van der Waals surface area (Å²) >= 11 is 0. The number of likely N-dealkylation sites (N-methyl/N-ethyl adjacent to an activating group) is 1. The number of piperazine rings is 1. The van der Waals surface area contributed by atoms with Gasteiger partial charge in [-0.05, 0) is 45.3 Å². The van der Waals surface area contributed by atoms with E-state index < -0.39 is 17.8 Å². The molecule has 10 nitrogen and oxygen atoms in total. The number of fused-ring (bicyclic) bond motifs is 2. The zero-order valence-corrected chi connectivity index (χ0v) is 24.8. The average molecular weight is 587 g/mol. The summed E-state index contributed by atoms with van der Waals surface area (Å²) < 4.78 is 20.1. The molecule has 5 heterocycles. The first kappa shape index (κ1) is 28.8. The number of aromatic nitrogens is 3. The SMILES string of the molecule is C=C(F)C(=O)N1CCN(c2nc(OC[C@@H]3CCCN3C)nc3c2CCN(c2cncc4cccc([14CH3])c24)C3)C[C@@H]1CC#N. The highest BCUT2D eigenvalue weighted by Crippen LogP contribution is 2.35. The zero-order chi connectivity index (χ0) is 30.1. The van der Waals surface area contributed by atoms with Crippen LogP contribution >= 0.6 is 0 Å². The van der Waals surface area contributed by atoms with Gasteiger partial charge in [-0.1, -0.05) is 24.8 Å². The van der Waals surface area contributed by atoms with Gasteiger partial charge in [-0.3, -0.25) is 9.78 Å². The first-order chi connectivity index (χ1) is 20.8. The molecule has 0 aliphatic carbocycles. The molecule has 0 unspecified atom stereocenters. The van der Waals surface area contributed by atoms with E-state index in [-0.39, 0.29) is 13.0 Å². The summed E-state index contributed by atoms with van der Waals surface area (Å²) in [5.41, 5.74) is 4.20. The quantitative estimate of drug-likeness (QED) is 0.383. The van der Waals surface area contributed by atoms with E-state index in [9.17, 15) is 14.4 Å². The summed E-state index contributed by atoms with van der Waals surface area (Å²) in [4.78, 5) is 35.0. The van der Waals surface area contributed by atoms with Gasteiger partial charge in [0.2, 0.25) is 0 Å². The van der Waals surface area contributed by atoms with Crippen LogP contribution in [0.3, 0.4) is 0 Å². The second-order valence-corrected chi connectivity index (χ2v) is 11.7. The molecule has 3 aliphatic heterocycles. The fraction of sp³-hybridized carbons (Fsp3) is 0.469. The Morgan fingerprint density at radius 1 is 1.19 bits per heavy atom. The Kier molecular flexibility index (Phi) is 8.13. The number of likely N-dealkylation sites (tertiary alicyclic amines) is 1. The molecule has 11 heteroatoms. The van der Waals surface area contributed by atoms with Crippen molar-refractivity contribution in [1.82, 2.24) is 24.8 Å². The summed E-state index contributed by atoms with van der Waals surface area (Å²) in [5, 5.41) is 11.8. The molecule has 0 bridgehead atoms. The van der Waals surface area contributed by atoms with Crippen LogP contribution in [0.25, 0.3) is 10.8 Å². The largest absolute Gasteiger partial charge is 0.462 e. The maximum atomic E-state index is 13.8. The van der Waals surface area contributed by atoms with Gasteiger partial charge in [-0.25, -0.2) is 4.39 Å². The predicted octanol–water partition coefficient (Wildman–Crippen LogP) is 3.78. The van der Waals surface area contributed by atoms with Gasteiger partial charge in [-0.15, -0.1) is 0 Å². The van der Waals surface area contributed by atoms with Crippen molar-refractivity contribution < 1.29 is 13.9 Å². The number of hydrogen-bond donors (Lipinski definition) is 0. The molecule has 2 atom stereocenters. The van der Waals surface area contributed by atoms with Crippen molar-refractivity contribution in [2.45, 2.75) is 51.2 Å². The molecule has 224 valence electrons. The maximum absolute atomic E-state index is 13.8. The number of ether oxygens (including phenoxy) is 1. The van der Waals surface area contributed by atoms with Gasteiger partial charge in [0.05, 0.1) is 42.7 Å². The van der Waals surface area contributed by atoms with Gasteiger partial charge >= 0.3 is 6.01 Å². The summed E-state index contributed by atoms with van der Waals surface area (Å²) in [6.07, 6.45) is 6.83. The number of hydrogen-bond acceptors (Lipinski definition) is 9. The Morgan fingerprint density at radius 2 is 2.05 bits per heavy atom. The summed E-state index contributed by atoms with van der Waals surface area (Å²) in [5.74, 6) is -1.01. The lowest BCUT2D eigenvalue weighted by atomic mass is 10.0. The van der Waals surface area contributed by atoms with Gasteiger partial charge in [0.25, 0.3) is 5.91 Å². The number of anilines is 2. The van der Waals surface area contributed by atoms with Crippen molar-refractivity contribution in [3.05, 3.63) is 59.8 Å². The normalized spacial score (nSPS) is 20.7. The topological polar surface area (TPSA) is 102 Å². The summed E-state index contributed by atoms with van der Waals surface area (Å²) in [6, 6.07) is 8.58. The Hall–Kier alpha value is -4.30. The van der Waals surface area contributed by atoms with E-state index in [0.717, 1.165) is 54.1 Å². The van der Waals surface area contributed by atoms with Crippen LogP contribution in [0.1, 0.15) is 36.1 Å². The van der Waals surface area contributed by atoms with Crippen LogP contribution in [0.15, 0.2) is 43.0 Å². The van der Waals surface area contributed by atoms with Crippen LogP contribution in [0, 0.1) is 18.3 Å². The third-order valence-electron chi connectivity index (χ3n) is 9.01. The molecule has 6 rings (SSSR count). The van der Waals surface area contributed by atoms with Crippen molar-refractivity contribution in [1.29, 1.82) is 5.26 Å². The number of amides is 1. The lowest BCUT2D eigenvalue weighted by molar-refractivity contribution is -0.131. The number of aryl methyl sites for hydroxylation is 1. The smallest absolute Gasteiger partial charge is 0.318 e. The third-order valence-corrected chi connectivity index (χ3v) is 9.01. The van der Waals surface area contributed by atoms with Crippen LogP contribution in [-0.4, -0.2) is 89.1 Å². The first-order valence-corrected chi connectivity index (χ1v) is 14.9. The van der Waals surface area contributed by atoms with Gasteiger partial charge < -0.3 is 24.3 Å². The minimum absolute atomic E-state index is 0.0847. The van der Waals surface area contributed by atoms with Crippen molar-refractivity contribution in [2.24, 2.45) is 0 Å². The number of pyridine rings is 1. The molecule has 0 spiro atoms. The molecular formula is C32H37FN8O2. The first-order valence-electron chi connectivity index (χ1n) is 14.9. The van der Waals surface area contributed by atoms with Crippen LogP contribution in [0.4, 0.5) is 15.9 Å². The lowest BCUT2D eigenvalue weighted by Crippen LogP contribution is -2.55. The molecule has 0 radical (unpaired) electrons. The molecule has 3 aromatic rings. The van der Waals surface area contributed by atoms with Gasteiger partial charge in [0, 0.05) is 54.8 Å². The van der Waals surface area contributed by atoms with Gasteiger partial charge in [0.1, 0.15) is 12.4 Å². The fourth-order valence-electron chi connectivity index (χ4n) is 6.67. The Balaban J connectivity index is 1.34. The van der Waals surface area contributed by atoms with E-state index in [1.165, 1.54) is 15.8 Å². The van der Waals surface area contributed by atoms with E-state index in [2.05, 4.69) is 64.5 Å². The van der Waals surface area contributed by atoms with Gasteiger partial charge in [-0.2, -0.15) is 15.2 Å². The molecule has 2 fully saturated rings. The second kappa shape index (κ2) is 12.1. The highest BCUT2D eigenvalue weighted by molar-refractivity contribution is 5.96. The van der Waals surface area contributed by atoms with E-state index >= 15 is 0 Å². The number of nitriles is 1. The number of halogens is 1. The van der Waals surface area contributed by atoms with E-state index in [4.69, 9.17) is 14.7 Å². The molecule has 0 saturated carbocycles. The van der Waals surface area contributed by atoms with Crippen LogP contribution in [-0.2, 0) is 17.8 Å². The molecule has 2 aromatic heterocycles. The molecule has 0 N–H and O–H groups in total. The van der Waals surface area contributed by atoms with Crippen LogP contribution in [0.5, 0.6) is 6.01 Å². The van der Waals surface area contributed by atoms with Crippen molar-refractivity contribution in [2.75, 3.05) is 56.2 Å². The minimum Gasteiger partial charge on any atom is -0.462 e. The molecule has 1 aromatic carbocycles. The molecule has 2 saturated heterocycles. The maximum Gasteiger partial charge on any atom is 0.318 e. The fourth-order valence-corrected chi connectivity index (χ4v) is 6.67. The highest BCUT2D eigenvalue weighted by atomic mass is 19.1. The summed E-state index contributed by atoms with van der Waals surface area (Å²) in [6.45, 7) is 9.26. The summed E-state index contributed by atoms with van der Waals surface area (Å²) in [7, 11) is 2.11. The van der Waals surface area contributed by atoms with E-state index in [1.54, 1.807) is 0 Å². The van der Waals surface area contributed by atoms with E-state index in [1.807, 2.05) is 12.4 Å². The van der Waals surface area contributed by atoms with Crippen molar-refractivity contribution in [3.63, 3.8) is 0 Å². The van der Waals surface area contributed by atoms with Crippen LogP contribution < -0.4 is 14.5 Å². The minimum atomic E-state index is -1.01. The highest BCUT2D eigenvalue weighted by Gasteiger charge is 2.35. The van der Waals surface area contributed by atoms with Crippen molar-refractivity contribution >= 4 is 28.2 Å². The Bertz CT molecular complexity index is 1580.